The molecule has 1 aliphatic carbocycles. The second-order valence-electron chi connectivity index (χ2n) is 2.98. The molecular formula is C9H9FO. The predicted molar refractivity (Wildman–Crippen MR) is 40.1 cm³/mol. The molecule has 1 N–H and O–H groups in total. The molecule has 2 heteroatoms. The number of phenolic OH excluding ortho intramolecular Hbond substituents is 1. The van der Waals surface area contributed by atoms with Crippen LogP contribution in [0.15, 0.2) is 24.3 Å². The third kappa shape index (κ3) is 0.985. The lowest BCUT2D eigenvalue weighted by Gasteiger charge is -2.06. The quantitative estimate of drug-likeness (QED) is 0.654. The lowest BCUT2D eigenvalue weighted by Crippen LogP contribution is -1.96. The molecule has 0 aromatic heterocycles. The molecule has 11 heavy (non-hydrogen) atoms. The summed E-state index contributed by atoms with van der Waals surface area (Å²) in [5.74, 6) is 0.0764. The maximum Gasteiger partial charge on any atom is 0.139 e. The van der Waals surface area contributed by atoms with Crippen LogP contribution >= 0.6 is 0 Å². The van der Waals surface area contributed by atoms with Gasteiger partial charge in [0.2, 0.25) is 0 Å². The number of hydrogen-bond acceptors (Lipinski definition) is 1. The fourth-order valence-electron chi connectivity index (χ4n) is 1.23. The van der Waals surface area contributed by atoms with Crippen molar-refractivity contribution in [1.82, 2.24) is 0 Å². The van der Waals surface area contributed by atoms with Gasteiger partial charge in [-0.2, -0.15) is 0 Å². The summed E-state index contributed by atoms with van der Waals surface area (Å²) >= 11 is 0. The second-order valence-corrected chi connectivity index (χ2v) is 2.98. The fraction of sp³-hybridized carbons (Fsp3) is 0.333. The number of phenols is 1. The van der Waals surface area contributed by atoms with Gasteiger partial charge in [-0.25, -0.2) is 4.39 Å². The van der Waals surface area contributed by atoms with Crippen molar-refractivity contribution in [3.63, 3.8) is 0 Å². The van der Waals surface area contributed by atoms with Crippen LogP contribution in [0.4, 0.5) is 4.39 Å². The van der Waals surface area contributed by atoms with Gasteiger partial charge in [0, 0.05) is 5.56 Å². The first kappa shape index (κ1) is 6.65. The van der Waals surface area contributed by atoms with Gasteiger partial charge >= 0.3 is 0 Å². The van der Waals surface area contributed by atoms with Gasteiger partial charge in [0.05, 0.1) is 0 Å². The largest absolute Gasteiger partial charge is 0.508 e. The molecule has 58 valence electrons. The number of halogens is 1. The van der Waals surface area contributed by atoms with Gasteiger partial charge in [0.25, 0.3) is 0 Å². The molecule has 0 unspecified atom stereocenters. The van der Waals surface area contributed by atoms with Crippen molar-refractivity contribution in [1.29, 1.82) is 0 Å². The molecule has 0 bridgehead atoms. The molecule has 0 radical (unpaired) electrons. The third-order valence-electron chi connectivity index (χ3n) is 2.08. The zero-order valence-electron chi connectivity index (χ0n) is 6.05. The average Bonchev–Trinajstić information content (AvgIpc) is 2.70. The molecule has 0 heterocycles. The van der Waals surface area contributed by atoms with Crippen molar-refractivity contribution >= 4 is 0 Å². The summed E-state index contributed by atoms with van der Waals surface area (Å²) in [5, 5.41) is 9.25. The van der Waals surface area contributed by atoms with E-state index in [1.54, 1.807) is 18.2 Å². The van der Waals surface area contributed by atoms with Gasteiger partial charge in [-0.05, 0) is 18.9 Å². The highest BCUT2D eigenvalue weighted by molar-refractivity contribution is 5.39. The lowest BCUT2D eigenvalue weighted by molar-refractivity contribution is 0.305. The van der Waals surface area contributed by atoms with Crippen molar-refractivity contribution in [3.05, 3.63) is 29.8 Å². The Morgan fingerprint density at radius 3 is 2.45 bits per heavy atom. The molecular weight excluding hydrogens is 143 g/mol. The molecule has 2 rings (SSSR count). The number of benzene rings is 1. The minimum Gasteiger partial charge on any atom is -0.508 e. The van der Waals surface area contributed by atoms with Gasteiger partial charge in [-0.1, -0.05) is 18.2 Å². The van der Waals surface area contributed by atoms with Crippen LogP contribution in [-0.2, 0) is 5.67 Å². The summed E-state index contributed by atoms with van der Waals surface area (Å²) in [6.07, 6.45) is 1.09. The Balaban J connectivity index is 2.45. The Morgan fingerprint density at radius 1 is 1.27 bits per heavy atom. The van der Waals surface area contributed by atoms with Crippen LogP contribution in [0.1, 0.15) is 18.4 Å². The van der Waals surface area contributed by atoms with Crippen LogP contribution in [-0.4, -0.2) is 5.11 Å². The van der Waals surface area contributed by atoms with Crippen LogP contribution in [0.2, 0.25) is 0 Å². The zero-order valence-corrected chi connectivity index (χ0v) is 6.05. The van der Waals surface area contributed by atoms with E-state index in [1.807, 2.05) is 0 Å². The Bertz CT molecular complexity index is 279. The highest BCUT2D eigenvalue weighted by Gasteiger charge is 2.46. The molecule has 0 aliphatic heterocycles. The Hall–Kier alpha value is -1.05. The Morgan fingerprint density at radius 2 is 1.91 bits per heavy atom. The number of alkyl halides is 1. The minimum atomic E-state index is -1.22. The normalized spacial score (nSPS) is 19.7. The summed E-state index contributed by atoms with van der Waals surface area (Å²) in [6.45, 7) is 0. The van der Waals surface area contributed by atoms with Crippen molar-refractivity contribution in [2.75, 3.05) is 0 Å². The van der Waals surface area contributed by atoms with Crippen molar-refractivity contribution < 1.29 is 9.50 Å². The standard InChI is InChI=1S/C9H9FO/c10-9(5-6-9)7-3-1-2-4-8(7)11/h1-4,11H,5-6H2. The second kappa shape index (κ2) is 1.97. The Kier molecular flexibility index (Phi) is 1.19. The molecule has 0 amide bonds. The van der Waals surface area contributed by atoms with E-state index in [-0.39, 0.29) is 5.75 Å². The van der Waals surface area contributed by atoms with Gasteiger partial charge in [0.1, 0.15) is 11.4 Å². The maximum absolute atomic E-state index is 13.3. The topological polar surface area (TPSA) is 20.2 Å². The van der Waals surface area contributed by atoms with Crippen molar-refractivity contribution in [2.45, 2.75) is 18.5 Å². The van der Waals surface area contributed by atoms with Gasteiger partial charge in [-0.3, -0.25) is 0 Å². The SMILES string of the molecule is Oc1ccccc1C1(F)CC1. The highest BCUT2D eigenvalue weighted by atomic mass is 19.1. The van der Waals surface area contributed by atoms with E-state index in [0.29, 0.717) is 18.4 Å². The molecule has 1 fully saturated rings. The Labute approximate surface area is 64.5 Å². The van der Waals surface area contributed by atoms with Gasteiger partial charge in [0.15, 0.2) is 0 Å². The van der Waals surface area contributed by atoms with Crippen LogP contribution in [0.3, 0.4) is 0 Å². The molecule has 1 aromatic carbocycles. The van der Waals surface area contributed by atoms with Crippen molar-refractivity contribution in [3.8, 4) is 5.75 Å². The molecule has 0 saturated heterocycles. The number of para-hydroxylation sites is 1. The minimum absolute atomic E-state index is 0.0764. The van der Waals surface area contributed by atoms with Crippen LogP contribution < -0.4 is 0 Å². The predicted octanol–water partition coefficient (Wildman–Crippen LogP) is 2.35. The molecule has 0 atom stereocenters. The van der Waals surface area contributed by atoms with Crippen LogP contribution in [0.5, 0.6) is 5.75 Å². The number of hydrogen-bond donors (Lipinski definition) is 1. The van der Waals surface area contributed by atoms with E-state index in [1.165, 1.54) is 6.07 Å². The molecule has 1 aliphatic rings. The highest BCUT2D eigenvalue weighted by Crippen LogP contribution is 2.52. The first-order chi connectivity index (χ1) is 5.22. The smallest absolute Gasteiger partial charge is 0.139 e. The lowest BCUT2D eigenvalue weighted by atomic mass is 10.1. The molecule has 1 saturated carbocycles. The molecule has 1 aromatic rings. The van der Waals surface area contributed by atoms with E-state index in [4.69, 9.17) is 0 Å². The zero-order chi connectivity index (χ0) is 7.90. The summed E-state index contributed by atoms with van der Waals surface area (Å²) in [7, 11) is 0. The molecule has 1 nitrogen and oxygen atoms in total. The van der Waals surface area contributed by atoms with Crippen LogP contribution in [0.25, 0.3) is 0 Å². The summed E-state index contributed by atoms with van der Waals surface area (Å²) in [6, 6.07) is 6.61. The maximum atomic E-state index is 13.3. The van der Waals surface area contributed by atoms with E-state index in [2.05, 4.69) is 0 Å². The average molecular weight is 152 g/mol. The summed E-state index contributed by atoms with van der Waals surface area (Å²) < 4.78 is 13.3. The van der Waals surface area contributed by atoms with Gasteiger partial charge in [-0.15, -0.1) is 0 Å². The van der Waals surface area contributed by atoms with E-state index in [0.717, 1.165) is 0 Å². The van der Waals surface area contributed by atoms with Gasteiger partial charge < -0.3 is 5.11 Å². The third-order valence-corrected chi connectivity index (χ3v) is 2.08. The van der Waals surface area contributed by atoms with Crippen LogP contribution in [0, 0.1) is 0 Å². The number of rotatable bonds is 1. The summed E-state index contributed by atoms with van der Waals surface area (Å²) in [5.41, 5.74) is -0.772. The number of aromatic hydroxyl groups is 1. The first-order valence-electron chi connectivity index (χ1n) is 3.70. The summed E-state index contributed by atoms with van der Waals surface area (Å²) in [4.78, 5) is 0. The molecule has 0 spiro atoms. The first-order valence-corrected chi connectivity index (χ1v) is 3.70. The fourth-order valence-corrected chi connectivity index (χ4v) is 1.23. The van der Waals surface area contributed by atoms with E-state index < -0.39 is 5.67 Å². The van der Waals surface area contributed by atoms with Crippen molar-refractivity contribution in [2.24, 2.45) is 0 Å². The van der Waals surface area contributed by atoms with E-state index in [9.17, 15) is 9.50 Å². The van der Waals surface area contributed by atoms with E-state index >= 15 is 0 Å². The monoisotopic (exact) mass is 152 g/mol.